The Labute approximate surface area is 96.4 Å². The van der Waals surface area contributed by atoms with Crippen molar-refractivity contribution >= 4 is 17.7 Å². The topological polar surface area (TPSA) is 55.1 Å². The average Bonchev–Trinajstić information content (AvgIpc) is 2.26. The molecule has 0 saturated heterocycles. The fourth-order valence-electron chi connectivity index (χ4n) is 1.08. The van der Waals surface area contributed by atoms with Crippen LogP contribution in [-0.2, 0) is 4.79 Å². The molecule has 0 atom stereocenters. The van der Waals surface area contributed by atoms with Gasteiger partial charge >= 0.3 is 0 Å². The van der Waals surface area contributed by atoms with Gasteiger partial charge < -0.3 is 0 Å². The van der Waals surface area contributed by atoms with E-state index in [-0.39, 0.29) is 5.91 Å². The van der Waals surface area contributed by atoms with Crippen LogP contribution in [0.2, 0.25) is 0 Å². The van der Waals surface area contributed by atoms with Gasteiger partial charge in [-0.2, -0.15) is 0 Å². The monoisotopic (exact) mass is 246 g/mol. The molecule has 6 heteroatoms. The van der Waals surface area contributed by atoms with Crippen LogP contribution < -0.4 is 11.3 Å². The van der Waals surface area contributed by atoms with E-state index in [9.17, 15) is 13.6 Å². The van der Waals surface area contributed by atoms with Crippen LogP contribution >= 0.6 is 11.8 Å². The molecule has 16 heavy (non-hydrogen) atoms. The lowest BCUT2D eigenvalue weighted by molar-refractivity contribution is -0.121. The van der Waals surface area contributed by atoms with Gasteiger partial charge in [-0.3, -0.25) is 10.2 Å². The maximum absolute atomic E-state index is 13.1. The lowest BCUT2D eigenvalue weighted by atomic mass is 10.3. The van der Waals surface area contributed by atoms with Crippen LogP contribution in [0.5, 0.6) is 0 Å². The quantitative estimate of drug-likeness (QED) is 0.274. The second-order valence-electron chi connectivity index (χ2n) is 3.09. The maximum Gasteiger partial charge on any atom is 0.233 e. The Morgan fingerprint density at radius 2 is 2.19 bits per heavy atom. The van der Waals surface area contributed by atoms with E-state index in [1.54, 1.807) is 0 Å². The third-order valence-corrected chi connectivity index (χ3v) is 3.00. The molecule has 1 aromatic rings. The summed E-state index contributed by atoms with van der Waals surface area (Å²) in [5, 5.41) is 0. The first-order chi connectivity index (χ1) is 7.63. The van der Waals surface area contributed by atoms with Gasteiger partial charge in [0.2, 0.25) is 5.91 Å². The molecule has 88 valence electrons. The normalized spacial score (nSPS) is 10.2. The number of hydrogen-bond acceptors (Lipinski definition) is 3. The average molecular weight is 246 g/mol. The summed E-state index contributed by atoms with van der Waals surface area (Å²) in [6, 6.07) is 3.44. The third kappa shape index (κ3) is 4.16. The second kappa shape index (κ2) is 6.44. The van der Waals surface area contributed by atoms with Crippen molar-refractivity contribution in [3.05, 3.63) is 29.8 Å². The number of carbonyl (C=O) groups is 1. The highest BCUT2D eigenvalue weighted by Gasteiger charge is 2.04. The zero-order valence-electron chi connectivity index (χ0n) is 8.50. The maximum atomic E-state index is 13.1. The Bertz CT molecular complexity index is 374. The van der Waals surface area contributed by atoms with Gasteiger partial charge in [0.1, 0.15) is 11.6 Å². The van der Waals surface area contributed by atoms with Crippen molar-refractivity contribution in [1.29, 1.82) is 0 Å². The molecule has 0 radical (unpaired) electrons. The van der Waals surface area contributed by atoms with Crippen LogP contribution in [0.1, 0.15) is 12.8 Å². The summed E-state index contributed by atoms with van der Waals surface area (Å²) in [5.74, 6) is 4.06. The van der Waals surface area contributed by atoms with Crippen LogP contribution in [-0.4, -0.2) is 11.7 Å². The summed E-state index contributed by atoms with van der Waals surface area (Å²) < 4.78 is 25.7. The molecule has 0 aliphatic heterocycles. The molecular formula is C10H12F2N2OS. The smallest absolute Gasteiger partial charge is 0.233 e. The summed E-state index contributed by atoms with van der Waals surface area (Å²) >= 11 is 1.25. The molecule has 0 unspecified atom stereocenters. The Morgan fingerprint density at radius 3 is 2.81 bits per heavy atom. The highest BCUT2D eigenvalue weighted by molar-refractivity contribution is 7.99. The van der Waals surface area contributed by atoms with Gasteiger partial charge in [-0.05, 0) is 24.3 Å². The first-order valence-electron chi connectivity index (χ1n) is 4.71. The fraction of sp³-hybridized carbons (Fsp3) is 0.300. The molecule has 0 aromatic heterocycles. The van der Waals surface area contributed by atoms with Crippen molar-refractivity contribution in [2.45, 2.75) is 17.7 Å². The van der Waals surface area contributed by atoms with E-state index in [4.69, 9.17) is 5.84 Å². The summed E-state index contributed by atoms with van der Waals surface area (Å²) in [6.07, 6.45) is 0.886. The van der Waals surface area contributed by atoms with E-state index in [1.165, 1.54) is 23.9 Å². The van der Waals surface area contributed by atoms with E-state index in [0.29, 0.717) is 23.5 Å². The van der Waals surface area contributed by atoms with Crippen molar-refractivity contribution in [2.75, 3.05) is 5.75 Å². The minimum Gasteiger partial charge on any atom is -0.294 e. The van der Waals surface area contributed by atoms with E-state index in [0.717, 1.165) is 6.07 Å². The van der Waals surface area contributed by atoms with E-state index in [2.05, 4.69) is 0 Å². The van der Waals surface area contributed by atoms with Crippen LogP contribution in [0.3, 0.4) is 0 Å². The molecule has 1 amide bonds. The number of halogens is 2. The van der Waals surface area contributed by atoms with E-state index < -0.39 is 11.6 Å². The van der Waals surface area contributed by atoms with Crippen molar-refractivity contribution in [1.82, 2.24) is 5.43 Å². The van der Waals surface area contributed by atoms with Crippen molar-refractivity contribution in [3.63, 3.8) is 0 Å². The van der Waals surface area contributed by atoms with Gasteiger partial charge in [-0.25, -0.2) is 14.6 Å². The number of rotatable bonds is 5. The molecule has 1 rings (SSSR count). The van der Waals surface area contributed by atoms with Gasteiger partial charge in [0, 0.05) is 17.4 Å². The SMILES string of the molecule is NNC(=O)CCCSc1ccc(F)cc1F. The molecular weight excluding hydrogens is 234 g/mol. The van der Waals surface area contributed by atoms with Crippen molar-refractivity contribution < 1.29 is 13.6 Å². The molecule has 0 fully saturated rings. The lowest BCUT2D eigenvalue weighted by Gasteiger charge is -2.03. The number of nitrogens with two attached hydrogens (primary N) is 1. The van der Waals surface area contributed by atoms with Gasteiger partial charge in [0.15, 0.2) is 0 Å². The third-order valence-electron chi connectivity index (χ3n) is 1.86. The second-order valence-corrected chi connectivity index (χ2v) is 4.23. The van der Waals surface area contributed by atoms with Gasteiger partial charge in [0.25, 0.3) is 0 Å². The number of amides is 1. The Hall–Kier alpha value is -1.14. The lowest BCUT2D eigenvalue weighted by Crippen LogP contribution is -2.29. The summed E-state index contributed by atoms with van der Waals surface area (Å²) in [5.41, 5.74) is 2.01. The molecule has 1 aromatic carbocycles. The number of nitrogens with one attached hydrogen (secondary N) is 1. The van der Waals surface area contributed by atoms with E-state index in [1.807, 2.05) is 5.43 Å². The van der Waals surface area contributed by atoms with Crippen LogP contribution in [0.25, 0.3) is 0 Å². The summed E-state index contributed by atoms with van der Waals surface area (Å²) in [6.45, 7) is 0. The first-order valence-corrected chi connectivity index (χ1v) is 5.69. The zero-order chi connectivity index (χ0) is 12.0. The fourth-order valence-corrected chi connectivity index (χ4v) is 1.95. The molecule has 0 spiro atoms. The molecule has 0 saturated carbocycles. The highest BCUT2D eigenvalue weighted by Crippen LogP contribution is 2.23. The van der Waals surface area contributed by atoms with Crippen molar-refractivity contribution in [2.24, 2.45) is 5.84 Å². The molecule has 3 N–H and O–H groups in total. The Balaban J connectivity index is 2.35. The number of benzene rings is 1. The number of thioether (sulfide) groups is 1. The molecule has 0 aliphatic carbocycles. The first kappa shape index (κ1) is 12.9. The Kier molecular flexibility index (Phi) is 5.21. The van der Waals surface area contributed by atoms with E-state index >= 15 is 0 Å². The zero-order valence-corrected chi connectivity index (χ0v) is 9.32. The Morgan fingerprint density at radius 1 is 1.44 bits per heavy atom. The van der Waals surface area contributed by atoms with Crippen LogP contribution in [0.15, 0.2) is 23.1 Å². The van der Waals surface area contributed by atoms with Gasteiger partial charge in [-0.15, -0.1) is 11.8 Å². The summed E-state index contributed by atoms with van der Waals surface area (Å²) in [4.78, 5) is 11.1. The predicted octanol–water partition coefficient (Wildman–Crippen LogP) is 1.83. The largest absolute Gasteiger partial charge is 0.294 e. The van der Waals surface area contributed by atoms with Crippen LogP contribution in [0.4, 0.5) is 8.78 Å². The standard InChI is InChI=1S/C10H12F2N2OS/c11-7-3-4-9(8(12)6-7)16-5-1-2-10(15)14-13/h3-4,6H,1-2,5,13H2,(H,14,15). The predicted molar refractivity (Wildman–Crippen MR) is 58.6 cm³/mol. The summed E-state index contributed by atoms with van der Waals surface area (Å²) in [7, 11) is 0. The number of hydrogen-bond donors (Lipinski definition) is 2. The molecule has 0 aliphatic rings. The number of carbonyl (C=O) groups excluding carboxylic acids is 1. The highest BCUT2D eigenvalue weighted by atomic mass is 32.2. The molecule has 0 heterocycles. The minimum atomic E-state index is -0.593. The minimum absolute atomic E-state index is 0.250. The van der Waals surface area contributed by atoms with Gasteiger partial charge in [0.05, 0.1) is 0 Å². The number of hydrazine groups is 1. The molecule has 3 nitrogen and oxygen atoms in total. The van der Waals surface area contributed by atoms with Crippen LogP contribution in [0, 0.1) is 11.6 Å². The van der Waals surface area contributed by atoms with Crippen molar-refractivity contribution in [3.8, 4) is 0 Å². The molecule has 0 bridgehead atoms. The van der Waals surface area contributed by atoms with Gasteiger partial charge in [-0.1, -0.05) is 0 Å².